The number of aryl methyl sites for hydroxylation is 1. The third-order valence-electron chi connectivity index (χ3n) is 3.31. The van der Waals surface area contributed by atoms with Gasteiger partial charge in [0.25, 0.3) is 0 Å². The van der Waals surface area contributed by atoms with Gasteiger partial charge in [0.15, 0.2) is 0 Å². The van der Waals surface area contributed by atoms with Crippen molar-refractivity contribution in [3.05, 3.63) is 65.3 Å². The van der Waals surface area contributed by atoms with E-state index in [1.807, 2.05) is 6.07 Å². The van der Waals surface area contributed by atoms with Crippen molar-refractivity contribution in [3.8, 4) is 23.2 Å². The van der Waals surface area contributed by atoms with Crippen LogP contribution in [0.15, 0.2) is 47.1 Å². The fraction of sp³-hybridized carbons (Fsp3) is 0.118. The zero-order valence-electron chi connectivity index (χ0n) is 12.3. The quantitative estimate of drug-likeness (QED) is 0.736. The average molecular weight is 309 g/mol. The molecule has 3 rings (SSSR count). The molecule has 0 aliphatic carbocycles. The maximum atomic E-state index is 13.4. The van der Waals surface area contributed by atoms with Crippen molar-refractivity contribution >= 4 is 0 Å². The van der Waals surface area contributed by atoms with Gasteiger partial charge in [-0.2, -0.15) is 5.26 Å². The zero-order chi connectivity index (χ0) is 16.2. The number of hydrogen-bond donors (Lipinski definition) is 0. The largest absolute Gasteiger partial charge is 0.473 e. The van der Waals surface area contributed by atoms with Crippen LogP contribution in [-0.2, 0) is 6.61 Å². The fourth-order valence-corrected chi connectivity index (χ4v) is 2.10. The Kier molecular flexibility index (Phi) is 4.02. The van der Waals surface area contributed by atoms with Crippen LogP contribution in [0, 0.1) is 24.1 Å². The summed E-state index contributed by atoms with van der Waals surface area (Å²) < 4.78 is 24.2. The molecule has 0 amide bonds. The Morgan fingerprint density at radius 3 is 2.87 bits per heavy atom. The van der Waals surface area contributed by atoms with Gasteiger partial charge in [0.05, 0.1) is 11.1 Å². The first-order valence-corrected chi connectivity index (χ1v) is 6.87. The SMILES string of the molecule is Cc1onc(-c2cccc(F)c2)c1COc1ccc(C#N)cn1. The number of aromatic nitrogens is 2. The smallest absolute Gasteiger partial charge is 0.213 e. The number of nitrogens with zero attached hydrogens (tertiary/aromatic N) is 3. The van der Waals surface area contributed by atoms with Gasteiger partial charge in [-0.25, -0.2) is 9.37 Å². The van der Waals surface area contributed by atoms with Crippen molar-refractivity contribution in [2.24, 2.45) is 0 Å². The van der Waals surface area contributed by atoms with Crippen molar-refractivity contribution in [3.63, 3.8) is 0 Å². The van der Waals surface area contributed by atoms with Crippen LogP contribution in [0.4, 0.5) is 4.39 Å². The summed E-state index contributed by atoms with van der Waals surface area (Å²) in [6.45, 7) is 1.95. The van der Waals surface area contributed by atoms with E-state index in [4.69, 9.17) is 14.5 Å². The topological polar surface area (TPSA) is 71.9 Å². The minimum atomic E-state index is -0.344. The lowest BCUT2D eigenvalue weighted by atomic mass is 10.1. The van der Waals surface area contributed by atoms with Crippen LogP contribution in [0.25, 0.3) is 11.3 Å². The van der Waals surface area contributed by atoms with Crippen LogP contribution >= 0.6 is 0 Å². The van der Waals surface area contributed by atoms with Gasteiger partial charge in [-0.15, -0.1) is 0 Å². The molecule has 114 valence electrons. The molecule has 0 unspecified atom stereocenters. The van der Waals surface area contributed by atoms with Gasteiger partial charge in [0.1, 0.15) is 29.9 Å². The van der Waals surface area contributed by atoms with E-state index in [-0.39, 0.29) is 12.4 Å². The van der Waals surface area contributed by atoms with Gasteiger partial charge in [-0.05, 0) is 25.1 Å². The summed E-state index contributed by atoms with van der Waals surface area (Å²) in [4.78, 5) is 4.04. The summed E-state index contributed by atoms with van der Waals surface area (Å²) in [5.74, 6) is 0.636. The Hall–Kier alpha value is -3.20. The van der Waals surface area contributed by atoms with Crippen LogP contribution in [0.2, 0.25) is 0 Å². The highest BCUT2D eigenvalue weighted by atomic mass is 19.1. The predicted octanol–water partition coefficient (Wildman–Crippen LogP) is 3.63. The number of rotatable bonds is 4. The maximum absolute atomic E-state index is 13.4. The normalized spacial score (nSPS) is 10.3. The fourth-order valence-electron chi connectivity index (χ4n) is 2.10. The third kappa shape index (κ3) is 3.19. The Labute approximate surface area is 131 Å². The van der Waals surface area contributed by atoms with Crippen molar-refractivity contribution in [2.75, 3.05) is 0 Å². The van der Waals surface area contributed by atoms with Crippen LogP contribution in [0.3, 0.4) is 0 Å². The Balaban J connectivity index is 1.83. The second-order valence-corrected chi connectivity index (χ2v) is 4.86. The van der Waals surface area contributed by atoms with Gasteiger partial charge < -0.3 is 9.26 Å². The molecule has 0 saturated carbocycles. The molecule has 0 spiro atoms. The predicted molar refractivity (Wildman–Crippen MR) is 79.9 cm³/mol. The molecule has 0 fully saturated rings. The van der Waals surface area contributed by atoms with Crippen LogP contribution in [-0.4, -0.2) is 10.1 Å². The first-order chi connectivity index (χ1) is 11.2. The van der Waals surface area contributed by atoms with E-state index in [1.165, 1.54) is 18.3 Å². The van der Waals surface area contributed by atoms with Gasteiger partial charge in [-0.1, -0.05) is 17.3 Å². The van der Waals surface area contributed by atoms with Gasteiger partial charge in [0.2, 0.25) is 5.88 Å². The lowest BCUT2D eigenvalue weighted by Gasteiger charge is -2.06. The maximum Gasteiger partial charge on any atom is 0.213 e. The van der Waals surface area contributed by atoms with Crippen molar-refractivity contribution in [1.82, 2.24) is 10.1 Å². The number of ether oxygens (including phenoxy) is 1. The molecule has 0 saturated heterocycles. The molecule has 0 aliphatic heterocycles. The van der Waals surface area contributed by atoms with Crippen LogP contribution < -0.4 is 4.74 Å². The lowest BCUT2D eigenvalue weighted by molar-refractivity contribution is 0.290. The summed E-state index contributed by atoms with van der Waals surface area (Å²) in [5, 5.41) is 12.7. The zero-order valence-corrected chi connectivity index (χ0v) is 12.3. The molecule has 3 aromatic rings. The second kappa shape index (κ2) is 6.28. The standard InChI is InChI=1S/C17H12FN3O2/c1-11-15(10-22-16-6-5-12(8-19)9-20-16)17(21-23-11)13-3-2-4-14(18)7-13/h2-7,9H,10H2,1H3. The Bertz CT molecular complexity index is 866. The van der Waals surface area contributed by atoms with E-state index in [1.54, 1.807) is 31.2 Å². The van der Waals surface area contributed by atoms with Crippen LogP contribution in [0.1, 0.15) is 16.9 Å². The molecule has 0 atom stereocenters. The minimum absolute atomic E-state index is 0.181. The number of nitriles is 1. The van der Waals surface area contributed by atoms with Crippen molar-refractivity contribution < 1.29 is 13.7 Å². The molecule has 0 radical (unpaired) electrons. The van der Waals surface area contributed by atoms with Crippen molar-refractivity contribution in [2.45, 2.75) is 13.5 Å². The van der Waals surface area contributed by atoms with E-state index in [0.717, 1.165) is 5.56 Å². The van der Waals surface area contributed by atoms with Gasteiger partial charge in [0, 0.05) is 17.8 Å². The molecule has 5 nitrogen and oxygen atoms in total. The van der Waals surface area contributed by atoms with Crippen molar-refractivity contribution in [1.29, 1.82) is 5.26 Å². The summed E-state index contributed by atoms with van der Waals surface area (Å²) in [6.07, 6.45) is 1.43. The lowest BCUT2D eigenvalue weighted by Crippen LogP contribution is -1.99. The van der Waals surface area contributed by atoms with E-state index < -0.39 is 0 Å². The Morgan fingerprint density at radius 2 is 2.17 bits per heavy atom. The number of halogens is 1. The summed E-state index contributed by atoms with van der Waals surface area (Å²) in [6, 6.07) is 11.4. The Morgan fingerprint density at radius 1 is 1.30 bits per heavy atom. The highest BCUT2D eigenvalue weighted by Gasteiger charge is 2.16. The molecular weight excluding hydrogens is 297 g/mol. The average Bonchev–Trinajstić information content (AvgIpc) is 2.94. The number of pyridine rings is 1. The first kappa shape index (κ1) is 14.7. The number of hydrogen-bond acceptors (Lipinski definition) is 5. The van der Waals surface area contributed by atoms with Gasteiger partial charge >= 0.3 is 0 Å². The second-order valence-electron chi connectivity index (χ2n) is 4.86. The first-order valence-electron chi connectivity index (χ1n) is 6.87. The molecule has 1 aromatic carbocycles. The highest BCUT2D eigenvalue weighted by molar-refractivity contribution is 5.63. The van der Waals surface area contributed by atoms with Gasteiger partial charge in [-0.3, -0.25) is 0 Å². The summed E-state index contributed by atoms with van der Waals surface area (Å²) >= 11 is 0. The summed E-state index contributed by atoms with van der Waals surface area (Å²) in [5.41, 5.74) is 2.34. The van der Waals surface area contributed by atoms with E-state index in [9.17, 15) is 4.39 Å². The summed E-state index contributed by atoms with van der Waals surface area (Å²) in [7, 11) is 0. The molecule has 0 N–H and O–H groups in total. The molecule has 0 bridgehead atoms. The van der Waals surface area contributed by atoms with E-state index in [2.05, 4.69) is 10.1 Å². The molecule has 2 heterocycles. The third-order valence-corrected chi connectivity index (χ3v) is 3.31. The van der Waals surface area contributed by atoms with E-state index in [0.29, 0.717) is 28.5 Å². The molecule has 0 aliphatic rings. The molecular formula is C17H12FN3O2. The van der Waals surface area contributed by atoms with E-state index >= 15 is 0 Å². The van der Waals surface area contributed by atoms with Crippen LogP contribution in [0.5, 0.6) is 5.88 Å². The molecule has 2 aromatic heterocycles. The molecule has 6 heteroatoms. The molecule has 23 heavy (non-hydrogen) atoms. The monoisotopic (exact) mass is 309 g/mol. The minimum Gasteiger partial charge on any atom is -0.473 e. The number of benzene rings is 1. The highest BCUT2D eigenvalue weighted by Crippen LogP contribution is 2.26.